The molecule has 8 heteroatoms. The van der Waals surface area contributed by atoms with Crippen LogP contribution in [-0.4, -0.2) is 75.4 Å². The molecule has 1 atom stereocenters. The maximum absolute atomic E-state index is 12.0. The normalized spacial score (nSPS) is 20.1. The molecular weight excluding hydrogens is 507 g/mol. The van der Waals surface area contributed by atoms with Crippen molar-refractivity contribution in [2.75, 3.05) is 46.4 Å². The number of carbonyl (C=O) groups excluding carboxylic acids is 1. The highest BCUT2D eigenvalue weighted by Gasteiger charge is 2.23. The average Bonchev–Trinajstić information content (AvgIpc) is 2.81. The molecule has 3 rings (SSSR count). The molecule has 2 aliphatic heterocycles. The molecule has 31 heavy (non-hydrogen) atoms. The van der Waals surface area contributed by atoms with Crippen molar-refractivity contribution < 1.29 is 14.3 Å². The molecule has 0 aromatic heterocycles. The van der Waals surface area contributed by atoms with Crippen LogP contribution in [0.15, 0.2) is 35.3 Å². The van der Waals surface area contributed by atoms with Gasteiger partial charge >= 0.3 is 0 Å². The second-order valence-electron chi connectivity index (χ2n) is 7.96. The Kier molecular flexibility index (Phi) is 12.2. The van der Waals surface area contributed by atoms with E-state index in [0.29, 0.717) is 18.2 Å². The van der Waals surface area contributed by atoms with Crippen LogP contribution < -0.4 is 10.6 Å². The number of aliphatic imine (C=N–C) groups is 1. The molecule has 2 heterocycles. The van der Waals surface area contributed by atoms with Crippen LogP contribution in [0.2, 0.25) is 0 Å². The molecule has 0 radical (unpaired) electrons. The van der Waals surface area contributed by atoms with Gasteiger partial charge in [-0.15, -0.1) is 24.0 Å². The average molecular weight is 544 g/mol. The van der Waals surface area contributed by atoms with Gasteiger partial charge in [-0.25, -0.2) is 0 Å². The van der Waals surface area contributed by atoms with E-state index in [0.717, 1.165) is 64.5 Å². The number of piperidine rings is 1. The topological polar surface area (TPSA) is 75.2 Å². The van der Waals surface area contributed by atoms with Crippen LogP contribution in [-0.2, 0) is 9.47 Å². The maximum Gasteiger partial charge on any atom is 0.251 e. The van der Waals surface area contributed by atoms with Crippen LogP contribution in [0.5, 0.6) is 0 Å². The lowest BCUT2D eigenvalue weighted by molar-refractivity contribution is -0.0721. The number of hydrogen-bond donors (Lipinski definition) is 2. The zero-order chi connectivity index (χ0) is 21.0. The third-order valence-corrected chi connectivity index (χ3v) is 5.70. The largest absolute Gasteiger partial charge is 0.376 e. The van der Waals surface area contributed by atoms with Crippen molar-refractivity contribution in [1.82, 2.24) is 15.5 Å². The van der Waals surface area contributed by atoms with E-state index in [9.17, 15) is 4.79 Å². The van der Waals surface area contributed by atoms with Gasteiger partial charge in [0.1, 0.15) is 0 Å². The van der Waals surface area contributed by atoms with Crippen LogP contribution in [0.1, 0.15) is 48.9 Å². The summed E-state index contributed by atoms with van der Waals surface area (Å²) in [5, 5.41) is 6.37. The highest BCUT2D eigenvalue weighted by Crippen LogP contribution is 2.17. The van der Waals surface area contributed by atoms with E-state index in [4.69, 9.17) is 9.47 Å². The quantitative estimate of drug-likeness (QED) is 0.228. The van der Waals surface area contributed by atoms with Crippen LogP contribution in [0.3, 0.4) is 0 Å². The zero-order valence-electron chi connectivity index (χ0n) is 18.6. The zero-order valence-corrected chi connectivity index (χ0v) is 20.9. The molecule has 1 aromatic rings. The van der Waals surface area contributed by atoms with E-state index in [-0.39, 0.29) is 36.0 Å². The SMILES string of the molecule is CN=C(NCCCNC(=O)c1ccccc1)N1CCC(OCC2CCCCO2)CC1.I. The summed E-state index contributed by atoms with van der Waals surface area (Å²) in [7, 11) is 1.82. The van der Waals surface area contributed by atoms with Crippen molar-refractivity contribution in [3.63, 3.8) is 0 Å². The van der Waals surface area contributed by atoms with E-state index in [1.165, 1.54) is 12.8 Å². The molecule has 1 amide bonds. The first kappa shape index (κ1) is 25.9. The fraction of sp³-hybridized carbons (Fsp3) is 0.652. The van der Waals surface area contributed by atoms with E-state index in [2.05, 4.69) is 20.5 Å². The number of halogens is 1. The molecule has 0 spiro atoms. The number of ether oxygens (including phenoxy) is 2. The molecule has 2 saturated heterocycles. The number of hydrogen-bond acceptors (Lipinski definition) is 4. The van der Waals surface area contributed by atoms with Crippen molar-refractivity contribution in [2.45, 2.75) is 50.7 Å². The molecule has 174 valence electrons. The summed E-state index contributed by atoms with van der Waals surface area (Å²) in [6.45, 7) is 4.91. The van der Waals surface area contributed by atoms with Gasteiger partial charge in [0.15, 0.2) is 5.96 Å². The number of nitrogens with one attached hydrogen (secondary N) is 2. The summed E-state index contributed by atoms with van der Waals surface area (Å²) in [6, 6.07) is 9.30. The third kappa shape index (κ3) is 8.94. The highest BCUT2D eigenvalue weighted by molar-refractivity contribution is 14.0. The first-order valence-corrected chi connectivity index (χ1v) is 11.3. The van der Waals surface area contributed by atoms with Crippen molar-refractivity contribution in [3.05, 3.63) is 35.9 Å². The number of rotatable bonds is 8. The molecule has 2 fully saturated rings. The number of guanidine groups is 1. The van der Waals surface area contributed by atoms with Crippen LogP contribution in [0.25, 0.3) is 0 Å². The molecule has 1 unspecified atom stereocenters. The molecule has 2 aliphatic rings. The fourth-order valence-corrected chi connectivity index (χ4v) is 3.93. The molecule has 7 nitrogen and oxygen atoms in total. The van der Waals surface area contributed by atoms with Gasteiger partial charge in [-0.3, -0.25) is 9.79 Å². The number of likely N-dealkylation sites (tertiary alicyclic amines) is 1. The Morgan fingerprint density at radius 2 is 1.87 bits per heavy atom. The van der Waals surface area contributed by atoms with Crippen molar-refractivity contribution in [1.29, 1.82) is 0 Å². The number of amides is 1. The van der Waals surface area contributed by atoms with E-state index < -0.39 is 0 Å². The molecule has 0 bridgehead atoms. The second-order valence-corrected chi connectivity index (χ2v) is 7.96. The summed E-state index contributed by atoms with van der Waals surface area (Å²) in [4.78, 5) is 18.8. The summed E-state index contributed by atoms with van der Waals surface area (Å²) in [5.41, 5.74) is 0.696. The Labute approximate surface area is 203 Å². The molecular formula is C23H37IN4O3. The minimum absolute atomic E-state index is 0. The van der Waals surface area contributed by atoms with Gasteiger partial charge in [0, 0.05) is 45.4 Å². The minimum Gasteiger partial charge on any atom is -0.376 e. The first-order valence-electron chi connectivity index (χ1n) is 11.3. The molecule has 0 aliphatic carbocycles. The van der Waals surface area contributed by atoms with Crippen LogP contribution >= 0.6 is 24.0 Å². The van der Waals surface area contributed by atoms with E-state index >= 15 is 0 Å². The number of carbonyl (C=O) groups is 1. The van der Waals surface area contributed by atoms with E-state index in [1.807, 2.05) is 37.4 Å². The second kappa shape index (κ2) is 14.6. The van der Waals surface area contributed by atoms with Gasteiger partial charge in [0.25, 0.3) is 5.91 Å². The Morgan fingerprint density at radius 3 is 2.55 bits per heavy atom. The predicted octanol–water partition coefficient (Wildman–Crippen LogP) is 3.05. The van der Waals surface area contributed by atoms with Crippen molar-refractivity contribution in [3.8, 4) is 0 Å². The van der Waals surface area contributed by atoms with Gasteiger partial charge in [-0.05, 0) is 50.7 Å². The molecule has 2 N–H and O–H groups in total. The molecule has 0 saturated carbocycles. The van der Waals surface area contributed by atoms with Gasteiger partial charge in [0.2, 0.25) is 0 Å². The lowest BCUT2D eigenvalue weighted by Crippen LogP contribution is -2.47. The fourth-order valence-electron chi connectivity index (χ4n) is 3.93. The summed E-state index contributed by atoms with van der Waals surface area (Å²) < 4.78 is 11.9. The Balaban J connectivity index is 0.00000341. The summed E-state index contributed by atoms with van der Waals surface area (Å²) >= 11 is 0. The van der Waals surface area contributed by atoms with Gasteiger partial charge in [-0.2, -0.15) is 0 Å². The van der Waals surface area contributed by atoms with Crippen molar-refractivity contribution >= 4 is 35.8 Å². The standard InChI is InChI=1S/C23H36N4O3.HI/c1-24-23(26-14-7-13-25-22(28)19-8-3-2-4-9-19)27-15-11-20(12-16-27)30-18-21-10-5-6-17-29-21;/h2-4,8-9,20-21H,5-7,10-18H2,1H3,(H,24,26)(H,25,28);1H. The number of nitrogens with zero attached hydrogens (tertiary/aromatic N) is 2. The third-order valence-electron chi connectivity index (χ3n) is 5.70. The van der Waals surface area contributed by atoms with Gasteiger partial charge in [-0.1, -0.05) is 18.2 Å². The van der Waals surface area contributed by atoms with Crippen LogP contribution in [0, 0.1) is 0 Å². The van der Waals surface area contributed by atoms with Gasteiger partial charge in [0.05, 0.1) is 18.8 Å². The van der Waals surface area contributed by atoms with E-state index in [1.54, 1.807) is 0 Å². The summed E-state index contributed by atoms with van der Waals surface area (Å²) in [5.74, 6) is 0.902. The summed E-state index contributed by atoms with van der Waals surface area (Å²) in [6.07, 6.45) is 7.04. The Hall–Kier alpha value is -1.39. The maximum atomic E-state index is 12.0. The predicted molar refractivity (Wildman–Crippen MR) is 134 cm³/mol. The first-order chi connectivity index (χ1) is 14.8. The lowest BCUT2D eigenvalue weighted by Gasteiger charge is -2.35. The Bertz CT molecular complexity index is 660. The Morgan fingerprint density at radius 1 is 1.13 bits per heavy atom. The van der Waals surface area contributed by atoms with Gasteiger partial charge < -0.3 is 25.0 Å². The minimum atomic E-state index is -0.0271. The lowest BCUT2D eigenvalue weighted by atomic mass is 10.1. The smallest absolute Gasteiger partial charge is 0.251 e. The number of benzene rings is 1. The van der Waals surface area contributed by atoms with Crippen LogP contribution in [0.4, 0.5) is 0 Å². The monoisotopic (exact) mass is 544 g/mol. The van der Waals surface area contributed by atoms with Crippen molar-refractivity contribution in [2.24, 2.45) is 4.99 Å². The molecule has 1 aromatic carbocycles. The highest BCUT2D eigenvalue weighted by atomic mass is 127.